The molecule has 0 aliphatic heterocycles. The number of thioether (sulfide) groups is 1. The smallest absolute Gasteiger partial charge is 0.269 e. The number of nitro groups is 1. The van der Waals surface area contributed by atoms with E-state index < -0.39 is 16.6 Å². The molecule has 3 rings (SSSR count). The van der Waals surface area contributed by atoms with Crippen LogP contribution in [0.5, 0.6) is 0 Å². The molecular weight excluding hydrogens is 379 g/mol. The number of nitrogens with zero attached hydrogens (tertiary/aromatic N) is 3. The van der Waals surface area contributed by atoms with E-state index in [1.807, 2.05) is 0 Å². The molecule has 0 saturated heterocycles. The van der Waals surface area contributed by atoms with Crippen LogP contribution in [0.4, 0.5) is 15.2 Å². The lowest BCUT2D eigenvalue weighted by Crippen LogP contribution is -2.13. The van der Waals surface area contributed by atoms with Crippen molar-refractivity contribution in [1.82, 2.24) is 10.2 Å². The first kappa shape index (κ1) is 18.0. The lowest BCUT2D eigenvalue weighted by molar-refractivity contribution is -0.384. The summed E-state index contributed by atoms with van der Waals surface area (Å²) in [5.41, 5.74) is 0.725. The van der Waals surface area contributed by atoms with Gasteiger partial charge in [-0.15, -0.1) is 10.2 Å². The van der Waals surface area contributed by atoms with Crippen molar-refractivity contribution in [1.29, 1.82) is 0 Å². The molecule has 1 amide bonds. The monoisotopic (exact) mass is 390 g/mol. The molecule has 26 heavy (non-hydrogen) atoms. The van der Waals surface area contributed by atoms with Gasteiger partial charge in [0.15, 0.2) is 4.34 Å². The zero-order valence-corrected chi connectivity index (χ0v) is 14.7. The summed E-state index contributed by atoms with van der Waals surface area (Å²) in [6.45, 7) is 0. The van der Waals surface area contributed by atoms with Gasteiger partial charge in [-0.1, -0.05) is 47.4 Å². The number of anilines is 1. The minimum Gasteiger partial charge on any atom is -0.296 e. The van der Waals surface area contributed by atoms with Crippen LogP contribution in [-0.4, -0.2) is 21.0 Å². The van der Waals surface area contributed by atoms with E-state index in [-0.39, 0.29) is 16.4 Å². The van der Waals surface area contributed by atoms with Gasteiger partial charge in [-0.05, 0) is 17.7 Å². The third-order valence-electron chi connectivity index (χ3n) is 3.23. The molecule has 132 valence electrons. The highest BCUT2D eigenvalue weighted by atomic mass is 32.2. The van der Waals surface area contributed by atoms with Crippen LogP contribution in [0.15, 0.2) is 52.9 Å². The van der Waals surface area contributed by atoms with Gasteiger partial charge in [0, 0.05) is 17.9 Å². The third-order valence-corrected chi connectivity index (χ3v) is 5.27. The Morgan fingerprint density at radius 1 is 1.23 bits per heavy atom. The molecule has 0 atom stereocenters. The Kier molecular flexibility index (Phi) is 5.54. The molecule has 0 aliphatic carbocycles. The highest BCUT2D eigenvalue weighted by Gasteiger charge is 2.14. The van der Waals surface area contributed by atoms with Crippen LogP contribution in [0, 0.1) is 15.9 Å². The number of halogens is 1. The second-order valence-corrected chi connectivity index (χ2v) is 7.22. The Balaban J connectivity index is 1.61. The topological polar surface area (TPSA) is 98.0 Å². The van der Waals surface area contributed by atoms with Gasteiger partial charge in [0.25, 0.3) is 11.6 Å². The fourth-order valence-corrected chi connectivity index (χ4v) is 3.72. The van der Waals surface area contributed by atoms with Crippen molar-refractivity contribution in [2.45, 2.75) is 10.1 Å². The highest BCUT2D eigenvalue weighted by molar-refractivity contribution is 8.00. The number of carbonyl (C=O) groups excluding carboxylic acids is 1. The van der Waals surface area contributed by atoms with Crippen molar-refractivity contribution in [3.63, 3.8) is 0 Å². The van der Waals surface area contributed by atoms with Crippen molar-refractivity contribution in [2.24, 2.45) is 0 Å². The van der Waals surface area contributed by atoms with Gasteiger partial charge in [0.1, 0.15) is 5.82 Å². The minimum absolute atomic E-state index is 0.0261. The fourth-order valence-electron chi connectivity index (χ4n) is 2.03. The zero-order valence-electron chi connectivity index (χ0n) is 13.1. The Morgan fingerprint density at radius 2 is 2.04 bits per heavy atom. The molecule has 1 heterocycles. The van der Waals surface area contributed by atoms with Crippen LogP contribution in [-0.2, 0) is 5.75 Å². The minimum atomic E-state index is -0.616. The molecule has 0 bridgehead atoms. The van der Waals surface area contributed by atoms with E-state index >= 15 is 0 Å². The third kappa shape index (κ3) is 4.41. The fraction of sp³-hybridized carbons (Fsp3) is 0.0625. The van der Waals surface area contributed by atoms with E-state index in [1.54, 1.807) is 18.2 Å². The number of carbonyl (C=O) groups is 1. The maximum absolute atomic E-state index is 13.6. The van der Waals surface area contributed by atoms with Gasteiger partial charge in [-0.25, -0.2) is 4.39 Å². The van der Waals surface area contributed by atoms with E-state index in [9.17, 15) is 19.3 Å². The average Bonchev–Trinajstić information content (AvgIpc) is 3.08. The normalized spacial score (nSPS) is 10.5. The summed E-state index contributed by atoms with van der Waals surface area (Å²) in [6.07, 6.45) is 0. The number of non-ortho nitro benzene ring substituents is 1. The Bertz CT molecular complexity index is 964. The van der Waals surface area contributed by atoms with Gasteiger partial charge in [-0.2, -0.15) is 0 Å². The molecule has 0 unspecified atom stereocenters. The molecule has 0 spiro atoms. The number of nitro benzene ring substituents is 1. The van der Waals surface area contributed by atoms with Crippen LogP contribution in [0.2, 0.25) is 0 Å². The lowest BCUT2D eigenvalue weighted by Gasteiger charge is -2.01. The van der Waals surface area contributed by atoms with Crippen LogP contribution >= 0.6 is 23.1 Å². The Labute approximate surface area is 155 Å². The summed E-state index contributed by atoms with van der Waals surface area (Å²) in [5.74, 6) is -0.748. The van der Waals surface area contributed by atoms with Crippen LogP contribution < -0.4 is 5.32 Å². The van der Waals surface area contributed by atoms with Crippen molar-refractivity contribution in [2.75, 3.05) is 5.32 Å². The average molecular weight is 390 g/mol. The number of nitrogens with one attached hydrogen (secondary N) is 1. The van der Waals surface area contributed by atoms with Crippen molar-refractivity contribution in [3.8, 4) is 0 Å². The van der Waals surface area contributed by atoms with Crippen molar-refractivity contribution < 1.29 is 14.1 Å². The molecule has 0 saturated carbocycles. The summed E-state index contributed by atoms with van der Waals surface area (Å²) in [5, 5.41) is 21.3. The summed E-state index contributed by atoms with van der Waals surface area (Å²) in [7, 11) is 0. The molecule has 3 aromatic rings. The van der Waals surface area contributed by atoms with E-state index in [1.165, 1.54) is 42.1 Å². The van der Waals surface area contributed by atoms with Gasteiger partial charge < -0.3 is 0 Å². The Hall–Kier alpha value is -2.85. The maximum Gasteiger partial charge on any atom is 0.269 e. The molecule has 10 heteroatoms. The van der Waals surface area contributed by atoms with E-state index in [2.05, 4.69) is 15.5 Å². The number of hydrogen-bond acceptors (Lipinski definition) is 7. The second kappa shape index (κ2) is 8.02. The largest absolute Gasteiger partial charge is 0.296 e. The van der Waals surface area contributed by atoms with Crippen LogP contribution in [0.3, 0.4) is 0 Å². The first-order chi connectivity index (χ1) is 12.5. The highest BCUT2D eigenvalue weighted by Crippen LogP contribution is 2.29. The predicted molar refractivity (Wildman–Crippen MR) is 96.9 cm³/mol. The van der Waals surface area contributed by atoms with E-state index in [0.717, 1.165) is 16.9 Å². The Morgan fingerprint density at radius 3 is 2.81 bits per heavy atom. The SMILES string of the molecule is O=C(Nc1nnc(SCc2cccc([N+](=O)[O-])c2)s1)c1ccccc1F. The first-order valence-corrected chi connectivity index (χ1v) is 9.08. The molecule has 0 fully saturated rings. The predicted octanol–water partition coefficient (Wildman–Crippen LogP) is 4.13. The summed E-state index contributed by atoms with van der Waals surface area (Å²) < 4.78 is 14.2. The maximum atomic E-state index is 13.6. The molecular formula is C16H11FN4O3S2. The quantitative estimate of drug-likeness (QED) is 0.294. The molecule has 0 radical (unpaired) electrons. The molecule has 1 N–H and O–H groups in total. The summed E-state index contributed by atoms with van der Waals surface area (Å²) in [6, 6.07) is 12.0. The standard InChI is InChI=1S/C16H11FN4O3S2/c17-13-7-2-1-6-12(13)14(22)18-15-19-20-16(26-15)25-9-10-4-3-5-11(8-10)21(23)24/h1-8H,9H2,(H,18,19,22). The van der Waals surface area contributed by atoms with Gasteiger partial charge >= 0.3 is 0 Å². The van der Waals surface area contributed by atoms with Crippen LogP contribution in [0.1, 0.15) is 15.9 Å². The zero-order chi connectivity index (χ0) is 18.5. The van der Waals surface area contributed by atoms with Gasteiger partial charge in [0.05, 0.1) is 10.5 Å². The molecule has 0 aliphatic rings. The van der Waals surface area contributed by atoms with E-state index in [4.69, 9.17) is 0 Å². The van der Waals surface area contributed by atoms with Crippen LogP contribution in [0.25, 0.3) is 0 Å². The molecule has 7 nitrogen and oxygen atoms in total. The van der Waals surface area contributed by atoms with Crippen molar-refractivity contribution in [3.05, 3.63) is 75.6 Å². The molecule has 1 aromatic heterocycles. The number of amides is 1. The summed E-state index contributed by atoms with van der Waals surface area (Å²) >= 11 is 2.48. The van der Waals surface area contributed by atoms with Gasteiger partial charge in [0.2, 0.25) is 5.13 Å². The van der Waals surface area contributed by atoms with E-state index in [0.29, 0.717) is 10.1 Å². The van der Waals surface area contributed by atoms with Crippen molar-refractivity contribution >= 4 is 39.8 Å². The number of rotatable bonds is 6. The lowest BCUT2D eigenvalue weighted by atomic mass is 10.2. The first-order valence-electron chi connectivity index (χ1n) is 7.28. The summed E-state index contributed by atoms with van der Waals surface area (Å²) in [4.78, 5) is 22.4. The number of benzene rings is 2. The second-order valence-electron chi connectivity index (χ2n) is 5.02. The number of hydrogen-bond donors (Lipinski definition) is 1. The molecule has 2 aromatic carbocycles. The number of aromatic nitrogens is 2. The van der Waals surface area contributed by atoms with Gasteiger partial charge in [-0.3, -0.25) is 20.2 Å².